The van der Waals surface area contributed by atoms with E-state index in [-0.39, 0.29) is 24.2 Å². The van der Waals surface area contributed by atoms with Gasteiger partial charge in [0.2, 0.25) is 0 Å². The van der Waals surface area contributed by atoms with Gasteiger partial charge >= 0.3 is 0 Å². The van der Waals surface area contributed by atoms with Crippen LogP contribution in [0.4, 0.5) is 0 Å². The minimum atomic E-state index is -0.112. The van der Waals surface area contributed by atoms with E-state index in [1.165, 1.54) is 0 Å². The zero-order chi connectivity index (χ0) is 13.4. The number of benzene rings is 2. The molecule has 0 atom stereocenters. The fourth-order valence-electron chi connectivity index (χ4n) is 1.30. The van der Waals surface area contributed by atoms with Crippen molar-refractivity contribution in [3.8, 4) is 11.1 Å². The summed E-state index contributed by atoms with van der Waals surface area (Å²) in [4.78, 5) is 0. The van der Waals surface area contributed by atoms with E-state index in [9.17, 15) is 0 Å². The number of aryl methyl sites for hydroxylation is 1. The van der Waals surface area contributed by atoms with Crippen molar-refractivity contribution in [3.63, 3.8) is 0 Å². The van der Waals surface area contributed by atoms with Crippen LogP contribution in [0, 0.1) is 13.8 Å². The molecule has 0 aliphatic rings. The Morgan fingerprint density at radius 2 is 1.57 bits per heavy atom. The number of rotatable bonds is 1. The fraction of sp³-hybridized carbons (Fsp3) is 0.143. The summed E-state index contributed by atoms with van der Waals surface area (Å²) in [6.07, 6.45) is 0. The molecule has 0 aromatic heterocycles. The molecular weight excluding hydrogens is 168 g/mol. The highest BCUT2D eigenvalue weighted by atomic mass is 14.0. The molecule has 0 saturated heterocycles. The summed E-state index contributed by atoms with van der Waals surface area (Å²) in [5, 5.41) is 0. The first-order valence-electron chi connectivity index (χ1n) is 6.57. The smallest absolute Gasteiger partial charge is 0.0614 e. The topological polar surface area (TPSA) is 0 Å². The van der Waals surface area contributed by atoms with Gasteiger partial charge in [0, 0.05) is 0 Å². The molecule has 0 aliphatic carbocycles. The van der Waals surface area contributed by atoms with Crippen LogP contribution in [0.25, 0.3) is 11.1 Å². The first kappa shape index (κ1) is 5.35. The Hall–Kier alpha value is -1.56. The highest BCUT2D eigenvalue weighted by Crippen LogP contribution is 2.20. The van der Waals surface area contributed by atoms with Crippen molar-refractivity contribution >= 4 is 0 Å². The molecule has 0 N–H and O–H groups in total. The molecule has 70 valence electrons. The molecule has 0 amide bonds. The Morgan fingerprint density at radius 1 is 0.857 bits per heavy atom. The average molecular weight is 186 g/mol. The first-order valence-corrected chi connectivity index (χ1v) is 4.57. The van der Waals surface area contributed by atoms with Crippen LogP contribution < -0.4 is 0 Å². The molecule has 14 heavy (non-hydrogen) atoms. The Bertz CT molecular complexity index is 571. The Labute approximate surface area is 90.8 Å². The molecule has 0 radical (unpaired) electrons. The number of hydrogen-bond acceptors (Lipinski definition) is 0. The number of hydrogen-bond donors (Lipinski definition) is 0. The molecule has 0 heterocycles. The van der Waals surface area contributed by atoms with Crippen molar-refractivity contribution in [2.45, 2.75) is 13.8 Å². The first-order chi connectivity index (χ1) is 8.43. The predicted octanol–water partition coefficient (Wildman–Crippen LogP) is 3.97. The summed E-state index contributed by atoms with van der Waals surface area (Å²) in [6, 6.07) is 7.53. The second-order valence-electron chi connectivity index (χ2n) is 3.37. The third-order valence-corrected chi connectivity index (χ3v) is 2.09. The Kier molecular flexibility index (Phi) is 1.40. The van der Waals surface area contributed by atoms with Gasteiger partial charge in [-0.3, -0.25) is 0 Å². The summed E-state index contributed by atoms with van der Waals surface area (Å²) < 4.78 is 31.4. The fourth-order valence-corrected chi connectivity index (χ4v) is 1.30. The second kappa shape index (κ2) is 3.67. The standard InChI is InChI=1S/C14H14/c1-11-6-8-13(9-7-11)14-5-3-4-12(2)10-14/h3-10H,1-2H3/i3D,4D,5D,10D. The van der Waals surface area contributed by atoms with Crippen molar-refractivity contribution in [1.82, 2.24) is 0 Å². The minimum absolute atomic E-state index is 0.0270. The quantitative estimate of drug-likeness (QED) is 0.632. The molecule has 2 aromatic rings. The SMILES string of the molecule is [2H]c1c([2H])c(C)c([2H])c(-c2ccc(C)cc2)c1[2H]. The van der Waals surface area contributed by atoms with Crippen molar-refractivity contribution in [2.24, 2.45) is 0 Å². The van der Waals surface area contributed by atoms with Crippen LogP contribution in [0.3, 0.4) is 0 Å². The summed E-state index contributed by atoms with van der Waals surface area (Å²) in [5.41, 5.74) is 2.75. The van der Waals surface area contributed by atoms with E-state index in [0.29, 0.717) is 11.1 Å². The largest absolute Gasteiger partial charge is 0.0632 e. The van der Waals surface area contributed by atoms with Crippen LogP contribution in [0.5, 0.6) is 0 Å². The van der Waals surface area contributed by atoms with Crippen LogP contribution in [0.2, 0.25) is 0 Å². The molecule has 0 heteroatoms. The van der Waals surface area contributed by atoms with Crippen molar-refractivity contribution in [2.75, 3.05) is 0 Å². The molecular formula is C14H14. The highest BCUT2D eigenvalue weighted by molar-refractivity contribution is 5.64. The lowest BCUT2D eigenvalue weighted by molar-refractivity contribution is 1.44. The maximum Gasteiger partial charge on any atom is 0.0632 e. The highest BCUT2D eigenvalue weighted by Gasteiger charge is 1.96. The van der Waals surface area contributed by atoms with E-state index in [0.717, 1.165) is 11.1 Å². The third-order valence-electron chi connectivity index (χ3n) is 2.09. The second-order valence-corrected chi connectivity index (χ2v) is 3.37. The van der Waals surface area contributed by atoms with Gasteiger partial charge in [-0.15, -0.1) is 0 Å². The lowest BCUT2D eigenvalue weighted by atomic mass is 10.0. The summed E-state index contributed by atoms with van der Waals surface area (Å²) in [6.45, 7) is 3.63. The van der Waals surface area contributed by atoms with Gasteiger partial charge in [0.25, 0.3) is 0 Å². The molecule has 0 spiro atoms. The third kappa shape index (κ3) is 1.85. The van der Waals surface area contributed by atoms with E-state index in [1.54, 1.807) is 6.92 Å². The van der Waals surface area contributed by atoms with Crippen LogP contribution in [-0.2, 0) is 0 Å². The van der Waals surface area contributed by atoms with Crippen LogP contribution >= 0.6 is 0 Å². The predicted molar refractivity (Wildman–Crippen MR) is 61.4 cm³/mol. The molecule has 2 rings (SSSR count). The van der Waals surface area contributed by atoms with Crippen molar-refractivity contribution < 1.29 is 5.48 Å². The van der Waals surface area contributed by atoms with E-state index >= 15 is 0 Å². The lowest BCUT2D eigenvalue weighted by Gasteiger charge is -2.02. The average Bonchev–Trinajstić information content (AvgIpc) is 2.36. The molecule has 2 aromatic carbocycles. The Morgan fingerprint density at radius 3 is 2.29 bits per heavy atom. The van der Waals surface area contributed by atoms with Gasteiger partial charge in [0.1, 0.15) is 0 Å². The molecule has 0 nitrogen and oxygen atoms in total. The van der Waals surface area contributed by atoms with E-state index in [4.69, 9.17) is 5.48 Å². The summed E-state index contributed by atoms with van der Waals surface area (Å²) >= 11 is 0. The van der Waals surface area contributed by atoms with E-state index in [1.807, 2.05) is 31.2 Å². The van der Waals surface area contributed by atoms with Crippen molar-refractivity contribution in [3.05, 3.63) is 59.6 Å². The van der Waals surface area contributed by atoms with E-state index in [2.05, 4.69) is 0 Å². The van der Waals surface area contributed by atoms with Crippen molar-refractivity contribution in [1.29, 1.82) is 0 Å². The molecule has 0 bridgehead atoms. The lowest BCUT2D eigenvalue weighted by Crippen LogP contribution is -1.79. The van der Waals surface area contributed by atoms with Gasteiger partial charge in [0.15, 0.2) is 0 Å². The zero-order valence-electron chi connectivity index (χ0n) is 12.3. The van der Waals surface area contributed by atoms with Gasteiger partial charge in [-0.25, -0.2) is 0 Å². The Balaban J connectivity index is 2.75. The van der Waals surface area contributed by atoms with Crippen LogP contribution in [-0.4, -0.2) is 0 Å². The molecule has 0 fully saturated rings. The monoisotopic (exact) mass is 186 g/mol. The molecule has 0 saturated carbocycles. The van der Waals surface area contributed by atoms with Gasteiger partial charge in [-0.1, -0.05) is 59.6 Å². The molecule has 0 unspecified atom stereocenters. The van der Waals surface area contributed by atoms with E-state index < -0.39 is 0 Å². The van der Waals surface area contributed by atoms with Gasteiger partial charge in [-0.2, -0.15) is 0 Å². The normalized spacial score (nSPS) is 14.1. The maximum atomic E-state index is 8.04. The zero-order valence-corrected chi connectivity index (χ0v) is 8.31. The van der Waals surface area contributed by atoms with Gasteiger partial charge < -0.3 is 0 Å². The van der Waals surface area contributed by atoms with Crippen LogP contribution in [0.15, 0.2) is 48.4 Å². The van der Waals surface area contributed by atoms with Crippen LogP contribution in [0.1, 0.15) is 16.6 Å². The summed E-state index contributed by atoms with van der Waals surface area (Å²) in [5.74, 6) is 0. The molecule has 0 aliphatic heterocycles. The minimum Gasteiger partial charge on any atom is -0.0614 e. The maximum absolute atomic E-state index is 8.04. The summed E-state index contributed by atoms with van der Waals surface area (Å²) in [7, 11) is 0. The van der Waals surface area contributed by atoms with Gasteiger partial charge in [-0.05, 0) is 25.0 Å². The van der Waals surface area contributed by atoms with Gasteiger partial charge in [0.05, 0.1) is 5.48 Å².